The van der Waals surface area contributed by atoms with Crippen LogP contribution < -0.4 is 4.57 Å². The van der Waals surface area contributed by atoms with E-state index in [-0.39, 0.29) is 0 Å². The van der Waals surface area contributed by atoms with Crippen molar-refractivity contribution in [2.24, 2.45) is 0 Å². The molecule has 0 aliphatic carbocycles. The Labute approximate surface area is 118 Å². The van der Waals surface area contributed by atoms with Crippen LogP contribution in [0.2, 0.25) is 0 Å². The quantitative estimate of drug-likeness (QED) is 0.479. The van der Waals surface area contributed by atoms with Crippen molar-refractivity contribution in [3.05, 3.63) is 30.1 Å². The third kappa shape index (κ3) is 7.99. The second-order valence-corrected chi connectivity index (χ2v) is 5.36. The predicted octanol–water partition coefficient (Wildman–Crippen LogP) is 3.65. The van der Waals surface area contributed by atoms with Crippen LogP contribution in [0, 0.1) is 0 Å². The average molecular weight is 264 g/mol. The number of rotatable bonds is 11. The summed E-state index contributed by atoms with van der Waals surface area (Å²) in [4.78, 5) is 0. The minimum absolute atomic E-state index is 0.355. The van der Waals surface area contributed by atoms with Crippen molar-refractivity contribution in [3.8, 4) is 0 Å². The Hall–Kier alpha value is -0.890. The van der Waals surface area contributed by atoms with Gasteiger partial charge in [-0.15, -0.1) is 0 Å². The minimum atomic E-state index is 0.355. The number of nitrogens with zero attached hydrogens (tertiary/aromatic N) is 1. The molecule has 1 aromatic heterocycles. The molecule has 1 heterocycles. The Morgan fingerprint density at radius 1 is 0.947 bits per heavy atom. The first-order chi connectivity index (χ1) is 9.36. The van der Waals surface area contributed by atoms with Crippen LogP contribution in [0.5, 0.6) is 0 Å². The molecule has 2 heteroatoms. The Morgan fingerprint density at radius 3 is 2.21 bits per heavy atom. The second-order valence-electron chi connectivity index (χ2n) is 5.36. The molecule has 2 nitrogen and oxygen atoms in total. The highest BCUT2D eigenvalue weighted by atomic mass is 16.2. The molecule has 0 fully saturated rings. The summed E-state index contributed by atoms with van der Waals surface area (Å²) < 4.78 is 2.32. The highest BCUT2D eigenvalue weighted by Gasteiger charge is 2.01. The summed E-state index contributed by atoms with van der Waals surface area (Å²) in [5.74, 6) is 0. The molecule has 1 aromatic rings. The van der Waals surface area contributed by atoms with Crippen LogP contribution in [-0.2, 0) is 13.0 Å². The highest BCUT2D eigenvalue weighted by Crippen LogP contribution is 2.08. The second kappa shape index (κ2) is 11.0. The molecule has 1 rings (SSSR count). The zero-order chi connectivity index (χ0) is 13.8. The molecule has 0 aliphatic heterocycles. The molecule has 0 amide bonds. The number of pyridine rings is 1. The van der Waals surface area contributed by atoms with Gasteiger partial charge < -0.3 is 5.11 Å². The van der Waals surface area contributed by atoms with Crippen LogP contribution in [-0.4, -0.2) is 11.7 Å². The van der Waals surface area contributed by atoms with Crippen molar-refractivity contribution in [2.75, 3.05) is 6.61 Å². The molecule has 1 N–H and O–H groups in total. The first-order valence-electron chi connectivity index (χ1n) is 7.95. The summed E-state index contributed by atoms with van der Waals surface area (Å²) in [6, 6.07) is 4.35. The lowest BCUT2D eigenvalue weighted by molar-refractivity contribution is -0.697. The van der Waals surface area contributed by atoms with Gasteiger partial charge >= 0.3 is 0 Å². The topological polar surface area (TPSA) is 24.1 Å². The van der Waals surface area contributed by atoms with Crippen molar-refractivity contribution in [1.29, 1.82) is 0 Å². The summed E-state index contributed by atoms with van der Waals surface area (Å²) in [6.45, 7) is 3.71. The molecule has 19 heavy (non-hydrogen) atoms. The van der Waals surface area contributed by atoms with E-state index in [2.05, 4.69) is 36.0 Å². The van der Waals surface area contributed by atoms with E-state index in [1.807, 2.05) is 0 Å². The SMILES string of the molecule is CCc1ccc[n+](CCCCCCCCCCO)c1. The molecule has 0 aliphatic rings. The highest BCUT2D eigenvalue weighted by molar-refractivity contribution is 5.04. The van der Waals surface area contributed by atoms with Crippen molar-refractivity contribution >= 4 is 0 Å². The largest absolute Gasteiger partial charge is 0.396 e. The van der Waals surface area contributed by atoms with Crippen LogP contribution in [0.3, 0.4) is 0 Å². The van der Waals surface area contributed by atoms with Gasteiger partial charge in [0.05, 0.1) is 0 Å². The number of hydrogen-bond donors (Lipinski definition) is 1. The van der Waals surface area contributed by atoms with Gasteiger partial charge in [0.2, 0.25) is 0 Å². The molecule has 0 radical (unpaired) electrons. The summed E-state index contributed by atoms with van der Waals surface area (Å²) >= 11 is 0. The van der Waals surface area contributed by atoms with Gasteiger partial charge in [-0.25, -0.2) is 4.57 Å². The molecular weight excluding hydrogens is 234 g/mol. The summed E-state index contributed by atoms with van der Waals surface area (Å²) in [5.41, 5.74) is 1.42. The average Bonchev–Trinajstić information content (AvgIpc) is 2.46. The number of aryl methyl sites for hydroxylation is 2. The fraction of sp³-hybridized carbons (Fsp3) is 0.706. The third-order valence-corrected chi connectivity index (χ3v) is 3.65. The fourth-order valence-electron chi connectivity index (χ4n) is 2.39. The predicted molar refractivity (Wildman–Crippen MR) is 80.0 cm³/mol. The van der Waals surface area contributed by atoms with Gasteiger partial charge in [0, 0.05) is 24.7 Å². The molecule has 0 unspecified atom stereocenters. The lowest BCUT2D eigenvalue weighted by Gasteiger charge is -2.01. The number of hydrogen-bond acceptors (Lipinski definition) is 1. The molecule has 0 saturated heterocycles. The van der Waals surface area contributed by atoms with Gasteiger partial charge in [-0.1, -0.05) is 39.0 Å². The van der Waals surface area contributed by atoms with Crippen LogP contribution in [0.15, 0.2) is 24.5 Å². The van der Waals surface area contributed by atoms with E-state index in [1.165, 1.54) is 50.5 Å². The van der Waals surface area contributed by atoms with E-state index in [9.17, 15) is 0 Å². The number of aliphatic hydroxyl groups excluding tert-OH is 1. The first kappa shape index (κ1) is 16.2. The fourth-order valence-corrected chi connectivity index (χ4v) is 2.39. The maximum absolute atomic E-state index is 8.68. The summed E-state index contributed by atoms with van der Waals surface area (Å²) in [6.07, 6.45) is 15.7. The molecule has 0 aromatic carbocycles. The minimum Gasteiger partial charge on any atom is -0.396 e. The molecule has 108 valence electrons. The van der Waals surface area contributed by atoms with Gasteiger partial charge in [0.15, 0.2) is 12.4 Å². The lowest BCUT2D eigenvalue weighted by atomic mass is 10.1. The zero-order valence-electron chi connectivity index (χ0n) is 12.5. The Balaban J connectivity index is 1.98. The molecule has 0 bridgehead atoms. The van der Waals surface area contributed by atoms with E-state index in [0.29, 0.717) is 6.61 Å². The van der Waals surface area contributed by atoms with Crippen molar-refractivity contribution in [2.45, 2.75) is 71.3 Å². The van der Waals surface area contributed by atoms with Gasteiger partial charge in [0.1, 0.15) is 6.54 Å². The van der Waals surface area contributed by atoms with Gasteiger partial charge in [-0.3, -0.25) is 0 Å². The van der Waals surface area contributed by atoms with Crippen LogP contribution >= 0.6 is 0 Å². The summed E-state index contributed by atoms with van der Waals surface area (Å²) in [5, 5.41) is 8.68. The van der Waals surface area contributed by atoms with Gasteiger partial charge in [-0.05, 0) is 25.3 Å². The lowest BCUT2D eigenvalue weighted by Crippen LogP contribution is -2.33. The van der Waals surface area contributed by atoms with E-state index < -0.39 is 0 Å². The van der Waals surface area contributed by atoms with E-state index in [0.717, 1.165) is 19.4 Å². The Bertz CT molecular complexity index is 325. The van der Waals surface area contributed by atoms with Crippen LogP contribution in [0.25, 0.3) is 0 Å². The Morgan fingerprint density at radius 2 is 1.58 bits per heavy atom. The van der Waals surface area contributed by atoms with Crippen molar-refractivity contribution in [1.82, 2.24) is 0 Å². The molecule has 0 saturated carbocycles. The molecular formula is C17H30NO+. The summed E-state index contributed by atoms with van der Waals surface area (Å²) in [7, 11) is 0. The maximum atomic E-state index is 8.68. The van der Waals surface area contributed by atoms with Gasteiger partial charge in [0.25, 0.3) is 0 Å². The Kier molecular flexibility index (Phi) is 9.34. The van der Waals surface area contributed by atoms with Crippen molar-refractivity contribution < 1.29 is 9.67 Å². The molecule has 0 atom stereocenters. The van der Waals surface area contributed by atoms with E-state index in [4.69, 9.17) is 5.11 Å². The first-order valence-corrected chi connectivity index (χ1v) is 7.95. The monoisotopic (exact) mass is 264 g/mol. The standard InChI is InChI=1S/C17H30NO/c1-2-17-12-11-14-18(16-17)13-9-7-5-3-4-6-8-10-15-19/h11-12,14,16,19H,2-10,13,15H2,1H3/q+1. The van der Waals surface area contributed by atoms with E-state index in [1.54, 1.807) is 0 Å². The van der Waals surface area contributed by atoms with E-state index >= 15 is 0 Å². The smallest absolute Gasteiger partial charge is 0.171 e. The van der Waals surface area contributed by atoms with Crippen molar-refractivity contribution in [3.63, 3.8) is 0 Å². The van der Waals surface area contributed by atoms with Crippen LogP contribution in [0.4, 0.5) is 0 Å². The van der Waals surface area contributed by atoms with Crippen LogP contribution in [0.1, 0.15) is 63.9 Å². The number of aromatic nitrogens is 1. The third-order valence-electron chi connectivity index (χ3n) is 3.65. The normalized spacial score (nSPS) is 10.8. The molecule has 0 spiro atoms. The zero-order valence-corrected chi connectivity index (χ0v) is 12.5. The van der Waals surface area contributed by atoms with Gasteiger partial charge in [-0.2, -0.15) is 0 Å². The maximum Gasteiger partial charge on any atom is 0.171 e. The number of aliphatic hydroxyl groups is 1. The number of unbranched alkanes of at least 4 members (excludes halogenated alkanes) is 7.